The molecule has 33 heavy (non-hydrogen) atoms. The van der Waals surface area contributed by atoms with E-state index < -0.39 is 16.1 Å². The molecule has 10 nitrogen and oxygen atoms in total. The highest BCUT2D eigenvalue weighted by Gasteiger charge is 2.30. The number of sulfonamides is 1. The van der Waals surface area contributed by atoms with E-state index in [1.54, 1.807) is 42.2 Å². The number of fused-ring (bicyclic) bond motifs is 1. The van der Waals surface area contributed by atoms with Crippen LogP contribution in [0.25, 0.3) is 0 Å². The second-order valence-electron chi connectivity index (χ2n) is 7.21. The van der Waals surface area contributed by atoms with Crippen molar-refractivity contribution in [3.05, 3.63) is 59.1 Å². The van der Waals surface area contributed by atoms with Gasteiger partial charge in [-0.05, 0) is 23.8 Å². The monoisotopic (exact) mass is 492 g/mol. The van der Waals surface area contributed by atoms with Gasteiger partial charge in [0.15, 0.2) is 6.61 Å². The molecular weight excluding hydrogens is 472 g/mol. The summed E-state index contributed by atoms with van der Waals surface area (Å²) in [5.41, 5.74) is 0.843. The Morgan fingerprint density at radius 1 is 1.18 bits per heavy atom. The van der Waals surface area contributed by atoms with Crippen molar-refractivity contribution in [2.45, 2.75) is 10.9 Å². The van der Waals surface area contributed by atoms with E-state index in [-0.39, 0.29) is 28.2 Å². The van der Waals surface area contributed by atoms with Crippen molar-refractivity contribution in [1.29, 1.82) is 0 Å². The third kappa shape index (κ3) is 4.61. The van der Waals surface area contributed by atoms with Crippen molar-refractivity contribution >= 4 is 33.2 Å². The molecule has 1 amide bonds. The highest BCUT2D eigenvalue weighted by Crippen LogP contribution is 2.37. The molecule has 2 aromatic carbocycles. The summed E-state index contributed by atoms with van der Waals surface area (Å²) in [5, 5.41) is 2.52. The van der Waals surface area contributed by atoms with Gasteiger partial charge >= 0.3 is 0 Å². The molecule has 1 unspecified atom stereocenters. The molecule has 0 radical (unpaired) electrons. The number of ether oxygens (including phenoxy) is 3. The van der Waals surface area contributed by atoms with Crippen molar-refractivity contribution in [2.24, 2.45) is 7.05 Å². The summed E-state index contributed by atoms with van der Waals surface area (Å²) in [6.45, 7) is -0.221. The number of hydrogen-bond donors (Lipinski definition) is 2. The van der Waals surface area contributed by atoms with Crippen molar-refractivity contribution in [3.8, 4) is 17.2 Å². The molecule has 1 aromatic heterocycles. The normalized spacial score (nSPS) is 14.1. The SMILES string of the molecule is COc1cc(OC)cc(C(NS(=O)(=O)c2cc3c(cc2Cl)NC(=O)CO3)c2nccn2C)c1. The molecule has 0 saturated carbocycles. The molecule has 0 fully saturated rings. The van der Waals surface area contributed by atoms with Crippen LogP contribution in [-0.2, 0) is 21.9 Å². The topological polar surface area (TPSA) is 121 Å². The number of anilines is 1. The maximum atomic E-state index is 13.5. The zero-order valence-corrected chi connectivity index (χ0v) is 19.5. The zero-order chi connectivity index (χ0) is 23.8. The number of rotatable bonds is 7. The van der Waals surface area contributed by atoms with Gasteiger partial charge in [-0.1, -0.05) is 11.6 Å². The first-order valence-electron chi connectivity index (χ1n) is 9.70. The number of carbonyl (C=O) groups is 1. The number of imidazole rings is 1. The van der Waals surface area contributed by atoms with E-state index in [1.165, 1.54) is 26.4 Å². The molecule has 2 N–H and O–H groups in total. The number of aryl methyl sites for hydroxylation is 1. The maximum Gasteiger partial charge on any atom is 0.262 e. The molecule has 0 bridgehead atoms. The highest BCUT2D eigenvalue weighted by molar-refractivity contribution is 7.89. The van der Waals surface area contributed by atoms with E-state index in [2.05, 4.69) is 15.0 Å². The Hall–Kier alpha value is -3.28. The standard InChI is InChI=1S/C21H21ClN4O6S/c1-26-5-4-23-21(26)20(12-6-13(30-2)8-14(7-12)31-3)25-33(28,29)18-10-17-16(9-15(18)22)24-19(27)11-32-17/h4-10,20,25H,11H2,1-3H3,(H,24,27). The number of hydrogen-bond acceptors (Lipinski definition) is 7. The second-order valence-corrected chi connectivity index (χ2v) is 9.30. The van der Waals surface area contributed by atoms with E-state index in [9.17, 15) is 13.2 Å². The lowest BCUT2D eigenvalue weighted by Crippen LogP contribution is -2.32. The number of methoxy groups -OCH3 is 2. The minimum atomic E-state index is -4.18. The number of halogens is 1. The quantitative estimate of drug-likeness (QED) is 0.519. The van der Waals surface area contributed by atoms with Crippen molar-refractivity contribution < 1.29 is 27.4 Å². The molecule has 12 heteroatoms. The fourth-order valence-electron chi connectivity index (χ4n) is 3.43. The lowest BCUT2D eigenvalue weighted by molar-refractivity contribution is -0.118. The molecule has 0 saturated heterocycles. The molecular formula is C21H21ClN4O6S. The molecule has 0 spiro atoms. The Balaban J connectivity index is 1.79. The van der Waals surface area contributed by atoms with Gasteiger partial charge in [0.25, 0.3) is 5.91 Å². The molecule has 3 aromatic rings. The fourth-order valence-corrected chi connectivity index (χ4v) is 5.15. The number of carbonyl (C=O) groups excluding carboxylic acids is 1. The van der Waals surface area contributed by atoms with E-state index in [4.69, 9.17) is 25.8 Å². The van der Waals surface area contributed by atoms with Crippen LogP contribution in [0.3, 0.4) is 0 Å². The van der Waals surface area contributed by atoms with Crippen LogP contribution in [0.1, 0.15) is 17.4 Å². The van der Waals surface area contributed by atoms with Gasteiger partial charge in [-0.25, -0.2) is 13.4 Å². The van der Waals surface area contributed by atoms with E-state index in [1.807, 2.05) is 0 Å². The first-order valence-corrected chi connectivity index (χ1v) is 11.6. The summed E-state index contributed by atoms with van der Waals surface area (Å²) in [7, 11) is 0.585. The summed E-state index contributed by atoms with van der Waals surface area (Å²) < 4.78 is 47.4. The third-order valence-corrected chi connectivity index (χ3v) is 6.94. The van der Waals surface area contributed by atoms with Crippen LogP contribution in [0.15, 0.2) is 47.6 Å². The molecule has 1 aliphatic rings. The Morgan fingerprint density at radius 3 is 2.48 bits per heavy atom. The smallest absolute Gasteiger partial charge is 0.262 e. The van der Waals surface area contributed by atoms with Crippen LogP contribution < -0.4 is 24.2 Å². The van der Waals surface area contributed by atoms with Gasteiger partial charge in [0, 0.05) is 31.6 Å². The van der Waals surface area contributed by atoms with Crippen LogP contribution in [0, 0.1) is 0 Å². The zero-order valence-electron chi connectivity index (χ0n) is 18.0. The molecule has 1 aliphatic heterocycles. The van der Waals surface area contributed by atoms with Gasteiger partial charge in [0.2, 0.25) is 10.0 Å². The van der Waals surface area contributed by atoms with Crippen LogP contribution in [0.2, 0.25) is 5.02 Å². The first kappa shape index (κ1) is 22.9. The fraction of sp³-hybridized carbons (Fsp3) is 0.238. The molecule has 174 valence electrons. The van der Waals surface area contributed by atoms with Crippen LogP contribution in [-0.4, -0.2) is 44.7 Å². The van der Waals surface area contributed by atoms with Gasteiger partial charge in [0.1, 0.15) is 34.0 Å². The molecule has 0 aliphatic carbocycles. The average molecular weight is 493 g/mol. The highest BCUT2D eigenvalue weighted by atomic mass is 35.5. The summed E-state index contributed by atoms with van der Waals surface area (Å²) in [6, 6.07) is 6.79. The third-order valence-electron chi connectivity index (χ3n) is 5.05. The Labute approximate surface area is 195 Å². The van der Waals surface area contributed by atoms with Crippen LogP contribution in [0.5, 0.6) is 17.2 Å². The summed E-state index contributed by atoms with van der Waals surface area (Å²) in [4.78, 5) is 15.7. The van der Waals surface area contributed by atoms with Gasteiger partial charge in [0.05, 0.1) is 24.9 Å². The number of benzene rings is 2. The predicted molar refractivity (Wildman–Crippen MR) is 120 cm³/mol. The number of nitrogens with zero attached hydrogens (tertiary/aromatic N) is 2. The minimum Gasteiger partial charge on any atom is -0.497 e. The maximum absolute atomic E-state index is 13.5. The molecule has 4 rings (SSSR count). The van der Waals surface area contributed by atoms with E-state index >= 15 is 0 Å². The largest absolute Gasteiger partial charge is 0.497 e. The van der Waals surface area contributed by atoms with E-state index in [0.29, 0.717) is 28.6 Å². The minimum absolute atomic E-state index is 0.0751. The van der Waals surface area contributed by atoms with Crippen LogP contribution in [0.4, 0.5) is 5.69 Å². The van der Waals surface area contributed by atoms with Gasteiger partial charge in [-0.3, -0.25) is 4.79 Å². The lowest BCUT2D eigenvalue weighted by atomic mass is 10.1. The summed E-state index contributed by atoms with van der Waals surface area (Å²) in [6.07, 6.45) is 3.27. The Kier molecular flexibility index (Phi) is 6.19. The molecule has 1 atom stereocenters. The first-order chi connectivity index (χ1) is 15.7. The van der Waals surface area contributed by atoms with Gasteiger partial charge in [-0.2, -0.15) is 4.72 Å². The van der Waals surface area contributed by atoms with Crippen molar-refractivity contribution in [3.63, 3.8) is 0 Å². The molecule has 2 heterocycles. The second kappa shape index (κ2) is 8.93. The lowest BCUT2D eigenvalue weighted by Gasteiger charge is -2.22. The number of aromatic nitrogens is 2. The Bertz CT molecular complexity index is 1300. The van der Waals surface area contributed by atoms with Crippen LogP contribution >= 0.6 is 11.6 Å². The van der Waals surface area contributed by atoms with Crippen molar-refractivity contribution in [1.82, 2.24) is 14.3 Å². The predicted octanol–water partition coefficient (Wildman–Crippen LogP) is 2.49. The average Bonchev–Trinajstić information content (AvgIpc) is 3.21. The summed E-state index contributed by atoms with van der Waals surface area (Å²) in [5.74, 6) is 1.26. The van der Waals surface area contributed by atoms with Gasteiger partial charge < -0.3 is 24.1 Å². The number of nitrogens with one attached hydrogen (secondary N) is 2. The Morgan fingerprint density at radius 2 is 1.88 bits per heavy atom. The summed E-state index contributed by atoms with van der Waals surface area (Å²) >= 11 is 6.29. The van der Waals surface area contributed by atoms with Crippen molar-refractivity contribution in [2.75, 3.05) is 26.1 Å². The van der Waals surface area contributed by atoms with Gasteiger partial charge in [-0.15, -0.1) is 0 Å². The van der Waals surface area contributed by atoms with E-state index in [0.717, 1.165) is 0 Å². The number of amides is 1.